The first-order valence-corrected chi connectivity index (χ1v) is 8.86. The molecular weight excluding hydrogens is 336 g/mol. The third-order valence-corrected chi connectivity index (χ3v) is 5.13. The number of hydrogen-bond donors (Lipinski definition) is 0. The molecule has 1 saturated heterocycles. The van der Waals surface area contributed by atoms with Crippen molar-refractivity contribution >= 4 is 23.1 Å². The number of piperidine rings is 1. The van der Waals surface area contributed by atoms with Gasteiger partial charge in [0.2, 0.25) is 5.91 Å². The van der Waals surface area contributed by atoms with Crippen LogP contribution in [0.25, 0.3) is 5.57 Å². The molecule has 1 fully saturated rings. The molecule has 4 rings (SSSR count). The third-order valence-electron chi connectivity index (χ3n) is 4.89. The summed E-state index contributed by atoms with van der Waals surface area (Å²) in [6.45, 7) is 3.61. The van der Waals surface area contributed by atoms with E-state index in [1.54, 1.807) is 6.92 Å². The van der Waals surface area contributed by atoms with E-state index in [1.807, 2.05) is 35.4 Å². The summed E-state index contributed by atoms with van der Waals surface area (Å²) in [5.41, 5.74) is 5.56. The van der Waals surface area contributed by atoms with Crippen LogP contribution in [-0.4, -0.2) is 28.9 Å². The minimum Gasteiger partial charge on any atom is -0.488 e. The standard InChI is InChI=1S/C20H19ClN2O2/c1-13(24)23-9-6-14(7-10-23)19-17-5-4-16(21)11-18(17)25-12-15-3-2-8-22-20(15)19/h2-5,8,11H,6-7,9-10,12H2,1H3. The summed E-state index contributed by atoms with van der Waals surface area (Å²) in [5.74, 6) is 0.931. The molecule has 0 atom stereocenters. The van der Waals surface area contributed by atoms with Crippen LogP contribution >= 0.6 is 11.6 Å². The summed E-state index contributed by atoms with van der Waals surface area (Å²) < 4.78 is 6.01. The van der Waals surface area contributed by atoms with Gasteiger partial charge in [-0.1, -0.05) is 23.2 Å². The first-order chi connectivity index (χ1) is 12.1. The van der Waals surface area contributed by atoms with E-state index in [9.17, 15) is 4.79 Å². The van der Waals surface area contributed by atoms with Crippen molar-refractivity contribution in [3.8, 4) is 5.75 Å². The van der Waals surface area contributed by atoms with Crippen molar-refractivity contribution in [2.24, 2.45) is 0 Å². The number of fused-ring (bicyclic) bond motifs is 2. The molecule has 0 spiro atoms. The average molecular weight is 355 g/mol. The predicted octanol–water partition coefficient (Wildman–Crippen LogP) is 4.07. The van der Waals surface area contributed by atoms with Crippen molar-refractivity contribution in [2.45, 2.75) is 26.4 Å². The average Bonchev–Trinajstić information content (AvgIpc) is 2.78. The summed E-state index contributed by atoms with van der Waals surface area (Å²) in [7, 11) is 0. The summed E-state index contributed by atoms with van der Waals surface area (Å²) in [6, 6.07) is 9.77. The van der Waals surface area contributed by atoms with Gasteiger partial charge >= 0.3 is 0 Å². The van der Waals surface area contributed by atoms with Crippen LogP contribution in [0.1, 0.15) is 36.6 Å². The number of aromatic nitrogens is 1. The SMILES string of the molecule is CC(=O)N1CCC(=C2c3ccc(Cl)cc3OCc3cccnc32)CC1. The van der Waals surface area contributed by atoms with Gasteiger partial charge in [-0.05, 0) is 37.1 Å². The largest absolute Gasteiger partial charge is 0.488 e. The maximum Gasteiger partial charge on any atom is 0.219 e. The van der Waals surface area contributed by atoms with Gasteiger partial charge in [0.25, 0.3) is 0 Å². The maximum atomic E-state index is 11.6. The molecule has 0 N–H and O–H groups in total. The van der Waals surface area contributed by atoms with E-state index < -0.39 is 0 Å². The van der Waals surface area contributed by atoms with E-state index in [2.05, 4.69) is 11.1 Å². The van der Waals surface area contributed by atoms with E-state index in [0.717, 1.165) is 54.1 Å². The van der Waals surface area contributed by atoms with Crippen LogP contribution in [0, 0.1) is 0 Å². The lowest BCUT2D eigenvalue weighted by atomic mass is 9.89. The molecule has 0 aliphatic carbocycles. The first kappa shape index (κ1) is 16.2. The van der Waals surface area contributed by atoms with Gasteiger partial charge in [0.05, 0.1) is 5.69 Å². The molecule has 25 heavy (non-hydrogen) atoms. The lowest BCUT2D eigenvalue weighted by Crippen LogP contribution is -2.34. The van der Waals surface area contributed by atoms with Gasteiger partial charge in [0.1, 0.15) is 12.4 Å². The Balaban J connectivity index is 1.86. The minimum absolute atomic E-state index is 0.138. The zero-order valence-electron chi connectivity index (χ0n) is 14.1. The number of halogens is 1. The number of ether oxygens (including phenoxy) is 1. The number of rotatable bonds is 0. The minimum atomic E-state index is 0.138. The second kappa shape index (κ2) is 6.52. The Morgan fingerprint density at radius 2 is 2.04 bits per heavy atom. The van der Waals surface area contributed by atoms with Crippen molar-refractivity contribution < 1.29 is 9.53 Å². The van der Waals surface area contributed by atoms with Gasteiger partial charge in [-0.3, -0.25) is 9.78 Å². The molecule has 0 unspecified atom stereocenters. The Kier molecular flexibility index (Phi) is 4.22. The number of carbonyl (C=O) groups is 1. The molecular formula is C20H19ClN2O2. The Bertz CT molecular complexity index is 866. The van der Waals surface area contributed by atoms with Crippen molar-refractivity contribution in [2.75, 3.05) is 13.1 Å². The van der Waals surface area contributed by atoms with Gasteiger partial charge < -0.3 is 9.64 Å². The van der Waals surface area contributed by atoms with Crippen molar-refractivity contribution in [3.63, 3.8) is 0 Å². The number of amides is 1. The molecule has 4 nitrogen and oxygen atoms in total. The highest BCUT2D eigenvalue weighted by molar-refractivity contribution is 6.30. The third kappa shape index (κ3) is 3.02. The van der Waals surface area contributed by atoms with Crippen molar-refractivity contribution in [1.82, 2.24) is 9.88 Å². The molecule has 1 aromatic heterocycles. The molecule has 0 saturated carbocycles. The fourth-order valence-electron chi connectivity index (χ4n) is 3.58. The highest BCUT2D eigenvalue weighted by Gasteiger charge is 2.26. The Labute approximate surface area is 152 Å². The zero-order valence-corrected chi connectivity index (χ0v) is 14.8. The van der Waals surface area contributed by atoms with Crippen LogP contribution in [0.5, 0.6) is 5.75 Å². The molecule has 0 bridgehead atoms. The van der Waals surface area contributed by atoms with E-state index in [0.29, 0.717) is 11.6 Å². The second-order valence-corrected chi connectivity index (χ2v) is 6.86. The topological polar surface area (TPSA) is 42.4 Å². The van der Waals surface area contributed by atoms with Gasteiger partial charge in [0.15, 0.2) is 0 Å². The number of nitrogens with zero attached hydrogens (tertiary/aromatic N) is 2. The maximum absolute atomic E-state index is 11.6. The molecule has 3 heterocycles. The highest BCUT2D eigenvalue weighted by Crippen LogP contribution is 2.41. The van der Waals surface area contributed by atoms with E-state index in [-0.39, 0.29) is 5.91 Å². The summed E-state index contributed by atoms with van der Waals surface area (Å²) >= 11 is 6.17. The Morgan fingerprint density at radius 3 is 2.80 bits per heavy atom. The fourth-order valence-corrected chi connectivity index (χ4v) is 3.75. The van der Waals surface area contributed by atoms with Gasteiger partial charge in [-0.2, -0.15) is 0 Å². The molecule has 2 aromatic rings. The van der Waals surface area contributed by atoms with Crippen LogP contribution in [0.15, 0.2) is 42.1 Å². The van der Waals surface area contributed by atoms with E-state index >= 15 is 0 Å². The molecule has 128 valence electrons. The fraction of sp³-hybridized carbons (Fsp3) is 0.300. The van der Waals surface area contributed by atoms with Gasteiger partial charge in [0, 0.05) is 47.9 Å². The number of benzene rings is 1. The normalized spacial score (nSPS) is 16.6. The number of pyridine rings is 1. The van der Waals surface area contributed by atoms with E-state index in [1.165, 1.54) is 5.57 Å². The lowest BCUT2D eigenvalue weighted by molar-refractivity contribution is -0.129. The second-order valence-electron chi connectivity index (χ2n) is 6.42. The first-order valence-electron chi connectivity index (χ1n) is 8.48. The molecule has 0 radical (unpaired) electrons. The number of likely N-dealkylation sites (tertiary alicyclic amines) is 1. The molecule has 2 aliphatic rings. The molecule has 1 amide bonds. The number of hydrogen-bond acceptors (Lipinski definition) is 3. The predicted molar refractivity (Wildman–Crippen MR) is 97.5 cm³/mol. The lowest BCUT2D eigenvalue weighted by Gasteiger charge is -2.29. The van der Waals surface area contributed by atoms with Crippen molar-refractivity contribution in [3.05, 3.63) is 63.9 Å². The highest BCUT2D eigenvalue weighted by atomic mass is 35.5. The Hall–Kier alpha value is -2.33. The van der Waals surface area contributed by atoms with Crippen LogP contribution in [-0.2, 0) is 11.4 Å². The van der Waals surface area contributed by atoms with Crippen LogP contribution in [0.3, 0.4) is 0 Å². The molecule has 2 aliphatic heterocycles. The van der Waals surface area contributed by atoms with Crippen LogP contribution < -0.4 is 4.74 Å². The summed E-state index contributed by atoms with van der Waals surface area (Å²) in [5, 5.41) is 0.661. The van der Waals surface area contributed by atoms with Crippen LogP contribution in [0.4, 0.5) is 0 Å². The van der Waals surface area contributed by atoms with Crippen molar-refractivity contribution in [1.29, 1.82) is 0 Å². The number of carbonyl (C=O) groups excluding carboxylic acids is 1. The zero-order chi connectivity index (χ0) is 17.4. The summed E-state index contributed by atoms with van der Waals surface area (Å²) in [4.78, 5) is 18.2. The quantitative estimate of drug-likeness (QED) is 0.716. The molecule has 5 heteroatoms. The van der Waals surface area contributed by atoms with Gasteiger partial charge in [-0.15, -0.1) is 0 Å². The Morgan fingerprint density at radius 1 is 1.24 bits per heavy atom. The monoisotopic (exact) mass is 354 g/mol. The molecule has 1 aromatic carbocycles. The van der Waals surface area contributed by atoms with E-state index in [4.69, 9.17) is 16.3 Å². The van der Waals surface area contributed by atoms with Gasteiger partial charge in [-0.25, -0.2) is 0 Å². The van der Waals surface area contributed by atoms with Crippen LogP contribution in [0.2, 0.25) is 5.02 Å². The summed E-state index contributed by atoms with van der Waals surface area (Å²) in [6.07, 6.45) is 3.53. The smallest absolute Gasteiger partial charge is 0.219 e.